The molecule has 0 amide bonds. The lowest BCUT2D eigenvalue weighted by molar-refractivity contribution is -0.140. The molecule has 0 unspecified atom stereocenters. The monoisotopic (exact) mass is 373 g/mol. The molecular weight excluding hydrogens is 362 g/mol. The second kappa shape index (κ2) is 7.03. The normalized spacial score (nSPS) is 12.0. The summed E-state index contributed by atoms with van der Waals surface area (Å²) < 4.78 is 77.8. The van der Waals surface area contributed by atoms with Gasteiger partial charge in [-0.25, -0.2) is 12.8 Å². The third-order valence-electron chi connectivity index (χ3n) is 2.72. The number of aliphatic carboxylic acids is 2. The average molecular weight is 373 g/mol. The van der Waals surface area contributed by atoms with Gasteiger partial charge in [-0.2, -0.15) is 13.2 Å². The van der Waals surface area contributed by atoms with Crippen molar-refractivity contribution in [1.82, 2.24) is 0 Å². The van der Waals surface area contributed by atoms with Gasteiger partial charge in [-0.05, 0) is 12.1 Å². The van der Waals surface area contributed by atoms with E-state index in [0.29, 0.717) is 12.1 Å². The Balaban J connectivity index is 3.38. The first kappa shape index (κ1) is 19.7. The van der Waals surface area contributed by atoms with Crippen LogP contribution in [0.4, 0.5) is 23.2 Å². The molecule has 0 bridgehead atoms. The second-order valence-corrected chi connectivity index (χ2v) is 6.42. The van der Waals surface area contributed by atoms with Crippen molar-refractivity contribution in [1.29, 1.82) is 0 Å². The highest BCUT2D eigenvalue weighted by molar-refractivity contribution is 7.92. The Morgan fingerprint density at radius 1 is 1.12 bits per heavy atom. The molecule has 0 fully saturated rings. The van der Waals surface area contributed by atoms with Gasteiger partial charge in [0.25, 0.3) is 0 Å². The Morgan fingerprint density at radius 2 is 1.71 bits per heavy atom. The van der Waals surface area contributed by atoms with Crippen molar-refractivity contribution in [2.75, 3.05) is 10.5 Å². The Labute approximate surface area is 133 Å². The van der Waals surface area contributed by atoms with Crippen LogP contribution in [-0.4, -0.2) is 36.3 Å². The van der Waals surface area contributed by atoms with Crippen molar-refractivity contribution in [3.63, 3.8) is 0 Å². The number of halogens is 4. The van der Waals surface area contributed by atoms with E-state index in [-0.39, 0.29) is 0 Å². The third kappa shape index (κ3) is 5.37. The van der Waals surface area contributed by atoms with Gasteiger partial charge < -0.3 is 10.2 Å². The first-order valence-corrected chi connectivity index (χ1v) is 7.81. The highest BCUT2D eigenvalue weighted by Crippen LogP contribution is 2.39. The average Bonchev–Trinajstić information content (AvgIpc) is 2.38. The van der Waals surface area contributed by atoms with E-state index in [2.05, 4.69) is 0 Å². The number of nitrogens with one attached hydrogen (secondary N) is 1. The summed E-state index contributed by atoms with van der Waals surface area (Å²) in [5.74, 6) is -5.70. The number of carboxylic acid groups (broad SMARTS) is 2. The number of sulfonamides is 1. The predicted molar refractivity (Wildman–Crippen MR) is 72.4 cm³/mol. The standard InChI is InChI=1S/C12H11F4NO6S/c13-7-1-2-8(17-24(22,23)4-3-9(18)19)11(12(14,15)16)6(7)5-10(20)21/h1-2,17H,3-5H2,(H,18,19)(H,20,21). The van der Waals surface area contributed by atoms with E-state index in [9.17, 15) is 35.6 Å². The summed E-state index contributed by atoms with van der Waals surface area (Å²) in [6.45, 7) is 0. The molecule has 0 aliphatic rings. The molecule has 0 aliphatic heterocycles. The molecule has 12 heteroatoms. The Morgan fingerprint density at radius 3 is 2.17 bits per heavy atom. The van der Waals surface area contributed by atoms with E-state index in [1.807, 2.05) is 0 Å². The van der Waals surface area contributed by atoms with E-state index in [0.717, 1.165) is 0 Å². The summed E-state index contributed by atoms with van der Waals surface area (Å²) in [6.07, 6.45) is -7.41. The molecule has 1 aromatic carbocycles. The SMILES string of the molecule is O=C(O)CCS(=O)(=O)Nc1ccc(F)c(CC(=O)O)c1C(F)(F)F. The van der Waals surface area contributed by atoms with E-state index in [1.54, 1.807) is 0 Å². The van der Waals surface area contributed by atoms with Crippen LogP contribution in [0.2, 0.25) is 0 Å². The van der Waals surface area contributed by atoms with Crippen LogP contribution in [0.1, 0.15) is 17.5 Å². The Bertz CT molecular complexity index is 760. The van der Waals surface area contributed by atoms with Crippen molar-refractivity contribution >= 4 is 27.6 Å². The van der Waals surface area contributed by atoms with Gasteiger partial charge in [-0.1, -0.05) is 0 Å². The maximum absolute atomic E-state index is 13.6. The smallest absolute Gasteiger partial charge is 0.418 e. The molecule has 0 heterocycles. The fourth-order valence-electron chi connectivity index (χ4n) is 1.80. The van der Waals surface area contributed by atoms with Gasteiger partial charge in [0.2, 0.25) is 10.0 Å². The number of alkyl halides is 3. The van der Waals surface area contributed by atoms with Crippen LogP contribution < -0.4 is 4.72 Å². The molecule has 0 atom stereocenters. The second-order valence-electron chi connectivity index (χ2n) is 4.58. The predicted octanol–water partition coefficient (Wildman–Crippen LogP) is 1.69. The summed E-state index contributed by atoms with van der Waals surface area (Å²) in [5.41, 5.74) is -4.08. The minimum absolute atomic E-state index is 0.488. The van der Waals surface area contributed by atoms with Crippen LogP contribution in [-0.2, 0) is 32.2 Å². The fourth-order valence-corrected chi connectivity index (χ4v) is 2.85. The number of hydrogen-bond donors (Lipinski definition) is 3. The summed E-state index contributed by atoms with van der Waals surface area (Å²) >= 11 is 0. The topological polar surface area (TPSA) is 121 Å². The van der Waals surface area contributed by atoms with E-state index < -0.39 is 69.4 Å². The van der Waals surface area contributed by atoms with Crippen LogP contribution >= 0.6 is 0 Å². The molecule has 0 saturated carbocycles. The van der Waals surface area contributed by atoms with Crippen LogP contribution in [0, 0.1) is 5.82 Å². The molecule has 24 heavy (non-hydrogen) atoms. The third-order valence-corrected chi connectivity index (χ3v) is 3.99. The van der Waals surface area contributed by atoms with Gasteiger partial charge in [-0.15, -0.1) is 0 Å². The molecule has 134 valence electrons. The van der Waals surface area contributed by atoms with Gasteiger partial charge in [0.1, 0.15) is 5.82 Å². The van der Waals surface area contributed by atoms with Gasteiger partial charge in [0.05, 0.1) is 29.8 Å². The van der Waals surface area contributed by atoms with Crippen LogP contribution in [0.5, 0.6) is 0 Å². The molecule has 0 radical (unpaired) electrons. The molecule has 1 rings (SSSR count). The zero-order chi connectivity index (χ0) is 18.7. The molecule has 0 aromatic heterocycles. The molecule has 1 aromatic rings. The van der Waals surface area contributed by atoms with Gasteiger partial charge in [0, 0.05) is 5.56 Å². The molecule has 0 saturated heterocycles. The molecule has 7 nitrogen and oxygen atoms in total. The lowest BCUT2D eigenvalue weighted by Crippen LogP contribution is -2.23. The van der Waals surface area contributed by atoms with Crippen molar-refractivity contribution in [2.45, 2.75) is 19.0 Å². The van der Waals surface area contributed by atoms with Crippen molar-refractivity contribution in [2.24, 2.45) is 0 Å². The van der Waals surface area contributed by atoms with Crippen LogP contribution in [0.3, 0.4) is 0 Å². The lowest BCUT2D eigenvalue weighted by atomic mass is 10.0. The lowest BCUT2D eigenvalue weighted by Gasteiger charge is -2.18. The maximum atomic E-state index is 13.6. The quantitative estimate of drug-likeness (QED) is 0.626. The summed E-state index contributed by atoms with van der Waals surface area (Å²) in [5, 5.41) is 17.0. The first-order valence-electron chi connectivity index (χ1n) is 6.16. The molecule has 0 spiro atoms. The van der Waals surface area contributed by atoms with Gasteiger partial charge >= 0.3 is 18.1 Å². The number of anilines is 1. The zero-order valence-corrected chi connectivity index (χ0v) is 12.5. The number of carbonyl (C=O) groups is 2. The van der Waals surface area contributed by atoms with Crippen LogP contribution in [0.25, 0.3) is 0 Å². The minimum Gasteiger partial charge on any atom is -0.481 e. The van der Waals surface area contributed by atoms with Crippen molar-refractivity contribution in [3.8, 4) is 0 Å². The molecular formula is C12H11F4NO6S. The van der Waals surface area contributed by atoms with Gasteiger partial charge in [0.15, 0.2) is 0 Å². The summed E-state index contributed by atoms with van der Waals surface area (Å²) in [4.78, 5) is 21.0. The van der Waals surface area contributed by atoms with Crippen molar-refractivity contribution in [3.05, 3.63) is 29.1 Å². The number of rotatable bonds is 7. The highest BCUT2D eigenvalue weighted by Gasteiger charge is 2.39. The first-order chi connectivity index (χ1) is 10.8. The van der Waals surface area contributed by atoms with E-state index >= 15 is 0 Å². The Hall–Kier alpha value is -2.37. The fraction of sp³-hybridized carbons (Fsp3) is 0.333. The number of hydrogen-bond acceptors (Lipinski definition) is 4. The summed E-state index contributed by atoms with van der Waals surface area (Å²) in [6, 6.07) is 0.977. The van der Waals surface area contributed by atoms with Crippen LogP contribution in [0.15, 0.2) is 12.1 Å². The largest absolute Gasteiger partial charge is 0.481 e. The van der Waals surface area contributed by atoms with Crippen molar-refractivity contribution < 1.29 is 45.8 Å². The zero-order valence-electron chi connectivity index (χ0n) is 11.7. The number of carboxylic acids is 2. The van der Waals surface area contributed by atoms with Gasteiger partial charge in [-0.3, -0.25) is 14.3 Å². The maximum Gasteiger partial charge on any atom is 0.418 e. The molecule has 3 N–H and O–H groups in total. The van der Waals surface area contributed by atoms with E-state index in [4.69, 9.17) is 10.2 Å². The number of benzene rings is 1. The molecule has 0 aliphatic carbocycles. The highest BCUT2D eigenvalue weighted by atomic mass is 32.2. The summed E-state index contributed by atoms with van der Waals surface area (Å²) in [7, 11) is -4.47. The minimum atomic E-state index is -5.24. The Kier molecular flexibility index (Phi) is 5.76. The van der Waals surface area contributed by atoms with E-state index in [1.165, 1.54) is 4.72 Å².